The zero-order valence-corrected chi connectivity index (χ0v) is 22.2. The molecule has 3 aliphatic rings. The highest BCUT2D eigenvalue weighted by molar-refractivity contribution is 5.80. The Balaban J connectivity index is 1.87. The van der Waals surface area contributed by atoms with Gasteiger partial charge in [-0.3, -0.25) is 4.79 Å². The molecule has 0 radical (unpaired) electrons. The van der Waals surface area contributed by atoms with E-state index in [1.807, 2.05) is 0 Å². The van der Waals surface area contributed by atoms with Crippen LogP contribution in [-0.4, -0.2) is 148 Å². The summed E-state index contributed by atoms with van der Waals surface area (Å²) in [4.78, 5) is 12.7. The summed E-state index contributed by atoms with van der Waals surface area (Å²) in [5, 5.41) is 65.7. The number of aliphatic hydroxyl groups excluding tert-OH is 6. The Morgan fingerprint density at radius 1 is 0.900 bits per heavy atom. The molecule has 3 fully saturated rings. The molecule has 0 aromatic carbocycles. The van der Waals surface area contributed by atoms with E-state index in [2.05, 4.69) is 5.32 Å². The molecular weight excluding hydrogens is 536 g/mol. The zero-order valence-electron chi connectivity index (χ0n) is 22.2. The van der Waals surface area contributed by atoms with Crippen LogP contribution in [0.15, 0.2) is 0 Å². The molecule has 234 valence electrons. The summed E-state index contributed by atoms with van der Waals surface area (Å²) < 4.78 is 23.1. The van der Waals surface area contributed by atoms with Gasteiger partial charge in [0.2, 0.25) is 5.91 Å². The van der Waals surface area contributed by atoms with Gasteiger partial charge in [0.25, 0.3) is 0 Å². The highest BCUT2D eigenvalue weighted by Gasteiger charge is 2.54. The summed E-state index contributed by atoms with van der Waals surface area (Å²) >= 11 is 0. The number of ether oxygens (including phenoxy) is 4. The molecule has 2 heterocycles. The Labute approximate surface area is 231 Å². The number of hydrogen-bond donors (Lipinski definition) is 12. The summed E-state index contributed by atoms with van der Waals surface area (Å²) in [7, 11) is 0. The van der Waals surface area contributed by atoms with Crippen LogP contribution < -0.4 is 34.0 Å². The van der Waals surface area contributed by atoms with Crippen molar-refractivity contribution in [1.29, 1.82) is 0 Å². The maximum atomic E-state index is 12.7. The van der Waals surface area contributed by atoms with Gasteiger partial charge in [0, 0.05) is 6.54 Å². The molecule has 1 amide bonds. The van der Waals surface area contributed by atoms with E-state index in [1.54, 1.807) is 0 Å². The van der Waals surface area contributed by atoms with Crippen LogP contribution in [0.25, 0.3) is 0 Å². The fraction of sp³-hybridized carbons (Fsp3) is 0.957. The number of carbonyl (C=O) groups is 1. The first kappa shape index (κ1) is 33.4. The lowest BCUT2D eigenvalue weighted by Gasteiger charge is -2.50. The topological polar surface area (TPSA) is 317 Å². The average molecular weight is 583 g/mol. The van der Waals surface area contributed by atoms with Crippen LogP contribution in [0.3, 0.4) is 0 Å². The number of hydrogen-bond acceptors (Lipinski definition) is 16. The minimum atomic E-state index is -1.68. The second-order valence-electron chi connectivity index (χ2n) is 10.6. The van der Waals surface area contributed by atoms with Gasteiger partial charge in [0.15, 0.2) is 12.6 Å². The average Bonchev–Trinajstić information content (AvgIpc) is 2.95. The second kappa shape index (κ2) is 14.9. The SMILES string of the molecule is NCCC[C@H](O)C(=O)N[C@@H]1C(O)[C@H](N)C(O[C@H]2OC(CN)CCC2N)C(O)[C@H]1O[C@H]1OC(CO)[C@@H](O)[C@H](N)C1O. The molecule has 17 nitrogen and oxygen atoms in total. The van der Waals surface area contributed by atoms with Gasteiger partial charge in [0.1, 0.15) is 42.7 Å². The molecule has 7 unspecified atom stereocenters. The van der Waals surface area contributed by atoms with Crippen molar-refractivity contribution < 1.29 is 54.4 Å². The maximum absolute atomic E-state index is 12.7. The van der Waals surface area contributed by atoms with Crippen LogP contribution in [0.2, 0.25) is 0 Å². The first-order chi connectivity index (χ1) is 18.9. The van der Waals surface area contributed by atoms with E-state index in [9.17, 15) is 35.4 Å². The quantitative estimate of drug-likeness (QED) is 0.108. The molecular formula is C23H46N6O11. The number of nitrogens with one attached hydrogen (secondary N) is 1. The van der Waals surface area contributed by atoms with Gasteiger partial charge in [-0.25, -0.2) is 0 Å². The van der Waals surface area contributed by atoms with Crippen molar-refractivity contribution in [2.24, 2.45) is 28.7 Å². The van der Waals surface area contributed by atoms with Crippen LogP contribution in [0, 0.1) is 0 Å². The zero-order chi connectivity index (χ0) is 29.7. The van der Waals surface area contributed by atoms with E-state index in [1.165, 1.54) is 0 Å². The van der Waals surface area contributed by atoms with E-state index >= 15 is 0 Å². The standard InChI is InChI=1S/C23H46N6O11/c24-5-1-2-10(31)21(36)29-14-16(33)13(28)19(39-22-9(26)4-3-8(6-25)37-22)18(35)20(14)40-23-17(34)12(27)15(32)11(7-30)38-23/h8-20,22-23,30-35H,1-7,24-28H2,(H,29,36)/t8?,9?,10-,11?,12-,13-,14+,15+,16?,17?,18?,19?,20-,22+,23+/m0/s1. The number of nitrogens with two attached hydrogens (primary N) is 5. The minimum absolute atomic E-state index is 0.0333. The van der Waals surface area contributed by atoms with Gasteiger partial charge in [0.05, 0.1) is 43.0 Å². The molecule has 17 N–H and O–H groups in total. The first-order valence-electron chi connectivity index (χ1n) is 13.5. The van der Waals surface area contributed by atoms with E-state index in [4.69, 9.17) is 47.6 Å². The molecule has 0 aromatic rings. The Morgan fingerprint density at radius 2 is 1.57 bits per heavy atom. The second-order valence-corrected chi connectivity index (χ2v) is 10.6. The Morgan fingerprint density at radius 3 is 2.20 bits per heavy atom. The molecule has 17 heteroatoms. The Hall–Kier alpha value is -1.13. The third-order valence-corrected chi connectivity index (χ3v) is 7.74. The van der Waals surface area contributed by atoms with Crippen molar-refractivity contribution >= 4 is 5.91 Å². The molecule has 3 rings (SSSR count). The third-order valence-electron chi connectivity index (χ3n) is 7.74. The molecule has 15 atom stereocenters. The van der Waals surface area contributed by atoms with Crippen LogP contribution in [-0.2, 0) is 23.7 Å². The van der Waals surface area contributed by atoms with Crippen LogP contribution >= 0.6 is 0 Å². The van der Waals surface area contributed by atoms with Gasteiger partial charge >= 0.3 is 0 Å². The Kier molecular flexibility index (Phi) is 12.4. The molecule has 0 bridgehead atoms. The molecule has 1 aliphatic carbocycles. The molecule has 0 aromatic heterocycles. The summed E-state index contributed by atoms with van der Waals surface area (Å²) in [6.45, 7) is -0.230. The Bertz CT molecular complexity index is 802. The van der Waals surface area contributed by atoms with Crippen molar-refractivity contribution in [2.75, 3.05) is 19.7 Å². The molecule has 2 aliphatic heterocycles. The van der Waals surface area contributed by atoms with E-state index in [0.29, 0.717) is 19.3 Å². The number of carbonyl (C=O) groups excluding carboxylic acids is 1. The van der Waals surface area contributed by atoms with Gasteiger partial charge in [-0.2, -0.15) is 0 Å². The lowest BCUT2D eigenvalue weighted by atomic mass is 9.81. The lowest BCUT2D eigenvalue weighted by molar-refractivity contribution is -0.319. The maximum Gasteiger partial charge on any atom is 0.249 e. The van der Waals surface area contributed by atoms with Gasteiger partial charge in [-0.05, 0) is 32.2 Å². The van der Waals surface area contributed by atoms with Crippen molar-refractivity contribution in [3.63, 3.8) is 0 Å². The minimum Gasteiger partial charge on any atom is -0.394 e. The predicted octanol–water partition coefficient (Wildman–Crippen LogP) is -7.04. The van der Waals surface area contributed by atoms with Crippen LogP contribution in [0.4, 0.5) is 0 Å². The van der Waals surface area contributed by atoms with Crippen LogP contribution in [0.1, 0.15) is 25.7 Å². The van der Waals surface area contributed by atoms with Gasteiger partial charge < -0.3 is 83.6 Å². The molecule has 40 heavy (non-hydrogen) atoms. The fourth-order valence-corrected chi connectivity index (χ4v) is 5.18. The molecule has 2 saturated heterocycles. The fourth-order valence-electron chi connectivity index (χ4n) is 5.18. The number of amides is 1. The highest BCUT2D eigenvalue weighted by atomic mass is 16.7. The number of aliphatic hydroxyl groups is 6. The first-order valence-corrected chi connectivity index (χ1v) is 13.5. The van der Waals surface area contributed by atoms with Crippen molar-refractivity contribution in [1.82, 2.24) is 5.32 Å². The van der Waals surface area contributed by atoms with E-state index in [-0.39, 0.29) is 25.6 Å². The summed E-state index contributed by atoms with van der Waals surface area (Å²) in [5.41, 5.74) is 29.5. The summed E-state index contributed by atoms with van der Waals surface area (Å²) in [6.07, 6.45) is -13.5. The van der Waals surface area contributed by atoms with E-state index in [0.717, 1.165) is 0 Å². The number of rotatable bonds is 11. The normalized spacial score (nSPS) is 45.2. The van der Waals surface area contributed by atoms with Gasteiger partial charge in [-0.1, -0.05) is 0 Å². The highest BCUT2D eigenvalue weighted by Crippen LogP contribution is 2.31. The van der Waals surface area contributed by atoms with E-state index < -0.39 is 98.1 Å². The predicted molar refractivity (Wildman–Crippen MR) is 137 cm³/mol. The van der Waals surface area contributed by atoms with Crippen molar-refractivity contribution in [2.45, 2.75) is 117 Å². The third kappa shape index (κ3) is 7.44. The largest absolute Gasteiger partial charge is 0.394 e. The van der Waals surface area contributed by atoms with Crippen molar-refractivity contribution in [3.8, 4) is 0 Å². The van der Waals surface area contributed by atoms with Crippen molar-refractivity contribution in [3.05, 3.63) is 0 Å². The monoisotopic (exact) mass is 582 g/mol. The van der Waals surface area contributed by atoms with Crippen LogP contribution in [0.5, 0.6) is 0 Å². The smallest absolute Gasteiger partial charge is 0.249 e. The molecule has 1 saturated carbocycles. The summed E-state index contributed by atoms with van der Waals surface area (Å²) in [6, 6.07) is -4.64. The summed E-state index contributed by atoms with van der Waals surface area (Å²) in [5.74, 6) is -0.890. The van der Waals surface area contributed by atoms with Gasteiger partial charge in [-0.15, -0.1) is 0 Å². The molecule has 0 spiro atoms. The lowest BCUT2D eigenvalue weighted by Crippen LogP contribution is -2.74.